The Bertz CT molecular complexity index is 1120. The summed E-state index contributed by atoms with van der Waals surface area (Å²) < 4.78 is 3.77. The Balaban J connectivity index is 1.39. The molecule has 0 bridgehead atoms. The number of amides is 1. The lowest BCUT2D eigenvalue weighted by molar-refractivity contribution is 0.0729. The quantitative estimate of drug-likeness (QED) is 0.552. The summed E-state index contributed by atoms with van der Waals surface area (Å²) >= 11 is 0. The number of benzene rings is 1. The van der Waals surface area contributed by atoms with E-state index in [0.29, 0.717) is 12.1 Å². The first-order valence-electron chi connectivity index (χ1n) is 9.46. The molecule has 140 valence electrons. The average Bonchev–Trinajstić information content (AvgIpc) is 3.47. The SMILES string of the molecule is O=C(c1cnn(Cc2ccccc2)c1)N1CCCC1c1nnc2ccccn12. The zero-order valence-electron chi connectivity index (χ0n) is 15.3. The van der Waals surface area contributed by atoms with E-state index < -0.39 is 0 Å². The van der Waals surface area contributed by atoms with Crippen LogP contribution in [0.5, 0.6) is 0 Å². The highest BCUT2D eigenvalue weighted by Gasteiger charge is 2.34. The van der Waals surface area contributed by atoms with Gasteiger partial charge in [0.1, 0.15) is 0 Å². The molecule has 0 radical (unpaired) electrons. The molecule has 0 aliphatic carbocycles. The second-order valence-corrected chi connectivity index (χ2v) is 7.06. The maximum atomic E-state index is 13.2. The first-order chi connectivity index (χ1) is 13.8. The molecule has 3 aromatic heterocycles. The molecule has 1 unspecified atom stereocenters. The van der Waals surface area contributed by atoms with Crippen molar-refractivity contribution in [1.29, 1.82) is 0 Å². The third-order valence-corrected chi connectivity index (χ3v) is 5.22. The molecule has 0 spiro atoms. The van der Waals surface area contributed by atoms with E-state index in [4.69, 9.17) is 0 Å². The van der Waals surface area contributed by atoms with Crippen LogP contribution in [0.25, 0.3) is 5.65 Å². The highest BCUT2D eigenvalue weighted by atomic mass is 16.2. The Hall–Kier alpha value is -3.48. The zero-order valence-corrected chi connectivity index (χ0v) is 15.3. The Morgan fingerprint density at radius 3 is 2.82 bits per heavy atom. The van der Waals surface area contributed by atoms with Crippen LogP contribution in [0.1, 0.15) is 40.6 Å². The van der Waals surface area contributed by atoms with Gasteiger partial charge in [-0.25, -0.2) is 0 Å². The molecule has 4 aromatic rings. The van der Waals surface area contributed by atoms with Gasteiger partial charge < -0.3 is 4.90 Å². The Morgan fingerprint density at radius 2 is 1.93 bits per heavy atom. The molecule has 5 rings (SSSR count). The summed E-state index contributed by atoms with van der Waals surface area (Å²) in [5.41, 5.74) is 2.56. The van der Waals surface area contributed by atoms with Crippen LogP contribution in [0.2, 0.25) is 0 Å². The number of likely N-dealkylation sites (tertiary alicyclic amines) is 1. The van der Waals surface area contributed by atoms with Gasteiger partial charge in [-0.3, -0.25) is 13.9 Å². The molecule has 1 fully saturated rings. The fourth-order valence-corrected chi connectivity index (χ4v) is 3.86. The molecule has 4 heterocycles. The lowest BCUT2D eigenvalue weighted by Crippen LogP contribution is -2.31. The van der Waals surface area contributed by atoms with E-state index in [1.807, 2.05) is 58.1 Å². The number of hydrogen-bond donors (Lipinski definition) is 0. The minimum absolute atomic E-state index is 0.00510. The van der Waals surface area contributed by atoms with Gasteiger partial charge in [-0.1, -0.05) is 36.4 Å². The number of fused-ring (bicyclic) bond motifs is 1. The number of carbonyl (C=O) groups excluding carboxylic acids is 1. The summed E-state index contributed by atoms with van der Waals surface area (Å²) in [7, 11) is 0. The molecular weight excluding hydrogens is 352 g/mol. The zero-order chi connectivity index (χ0) is 18.9. The number of aromatic nitrogens is 5. The highest BCUT2D eigenvalue weighted by Crippen LogP contribution is 2.32. The van der Waals surface area contributed by atoms with Gasteiger partial charge in [-0.15, -0.1) is 10.2 Å². The minimum Gasteiger partial charge on any atom is -0.328 e. The molecule has 1 aliphatic rings. The number of nitrogens with zero attached hydrogens (tertiary/aromatic N) is 6. The predicted octanol–water partition coefficient (Wildman–Crippen LogP) is 2.95. The molecule has 1 saturated heterocycles. The molecule has 1 atom stereocenters. The fraction of sp³-hybridized carbons (Fsp3) is 0.238. The number of carbonyl (C=O) groups is 1. The van der Waals surface area contributed by atoms with Gasteiger partial charge in [0.2, 0.25) is 0 Å². The third-order valence-electron chi connectivity index (χ3n) is 5.22. The second kappa shape index (κ2) is 6.92. The maximum absolute atomic E-state index is 13.2. The van der Waals surface area contributed by atoms with Crippen LogP contribution in [-0.4, -0.2) is 41.7 Å². The molecule has 1 aromatic carbocycles. The van der Waals surface area contributed by atoms with Gasteiger partial charge in [-0.2, -0.15) is 5.10 Å². The number of rotatable bonds is 4. The monoisotopic (exact) mass is 372 g/mol. The normalized spacial score (nSPS) is 16.7. The van der Waals surface area contributed by atoms with Crippen molar-refractivity contribution in [2.45, 2.75) is 25.4 Å². The molecular formula is C21H20N6O. The van der Waals surface area contributed by atoms with E-state index in [2.05, 4.69) is 27.4 Å². The molecule has 1 aliphatic heterocycles. The maximum Gasteiger partial charge on any atom is 0.257 e. The minimum atomic E-state index is -0.0672. The van der Waals surface area contributed by atoms with Crippen molar-refractivity contribution in [2.75, 3.05) is 6.54 Å². The number of pyridine rings is 1. The summed E-state index contributed by atoms with van der Waals surface area (Å²) in [5.74, 6) is 0.813. The van der Waals surface area contributed by atoms with Gasteiger partial charge in [0.15, 0.2) is 11.5 Å². The van der Waals surface area contributed by atoms with Gasteiger partial charge in [0.05, 0.1) is 24.3 Å². The van der Waals surface area contributed by atoms with Crippen molar-refractivity contribution in [3.63, 3.8) is 0 Å². The first kappa shape index (κ1) is 16.7. The molecule has 1 amide bonds. The molecule has 28 heavy (non-hydrogen) atoms. The molecule has 0 N–H and O–H groups in total. The fourth-order valence-electron chi connectivity index (χ4n) is 3.86. The van der Waals surface area contributed by atoms with E-state index in [0.717, 1.165) is 36.4 Å². The van der Waals surface area contributed by atoms with Crippen molar-refractivity contribution in [2.24, 2.45) is 0 Å². The molecule has 0 saturated carbocycles. The van der Waals surface area contributed by atoms with E-state index in [9.17, 15) is 4.79 Å². The van der Waals surface area contributed by atoms with Gasteiger partial charge >= 0.3 is 0 Å². The first-order valence-corrected chi connectivity index (χ1v) is 9.46. The summed E-state index contributed by atoms with van der Waals surface area (Å²) in [6.45, 7) is 1.36. The van der Waals surface area contributed by atoms with E-state index >= 15 is 0 Å². The van der Waals surface area contributed by atoms with Crippen LogP contribution in [0, 0.1) is 0 Å². The standard InChI is InChI=1S/C21H20N6O/c28-21(17-13-22-25(15-17)14-16-7-2-1-3-8-16)26-12-6-9-18(26)20-24-23-19-10-4-5-11-27(19)20/h1-5,7-8,10-11,13,15,18H,6,9,12,14H2. The Labute approximate surface area is 162 Å². The summed E-state index contributed by atoms with van der Waals surface area (Å²) in [5, 5.41) is 13.0. The molecule has 7 nitrogen and oxygen atoms in total. The van der Waals surface area contributed by atoms with Crippen LogP contribution >= 0.6 is 0 Å². The van der Waals surface area contributed by atoms with Crippen LogP contribution < -0.4 is 0 Å². The van der Waals surface area contributed by atoms with Crippen LogP contribution in [0.15, 0.2) is 67.1 Å². The van der Waals surface area contributed by atoms with Crippen molar-refractivity contribution >= 4 is 11.6 Å². The van der Waals surface area contributed by atoms with Crippen LogP contribution in [0.4, 0.5) is 0 Å². The highest BCUT2D eigenvalue weighted by molar-refractivity contribution is 5.94. The molecule has 7 heteroatoms. The smallest absolute Gasteiger partial charge is 0.257 e. The van der Waals surface area contributed by atoms with Crippen molar-refractivity contribution in [3.05, 3.63) is 84.1 Å². The lowest BCUT2D eigenvalue weighted by atomic mass is 10.2. The van der Waals surface area contributed by atoms with Gasteiger partial charge in [0.25, 0.3) is 5.91 Å². The number of hydrogen-bond acceptors (Lipinski definition) is 4. The largest absolute Gasteiger partial charge is 0.328 e. The summed E-state index contributed by atoms with van der Waals surface area (Å²) in [6.07, 6.45) is 7.27. The lowest BCUT2D eigenvalue weighted by Gasteiger charge is -2.22. The van der Waals surface area contributed by atoms with E-state index in [-0.39, 0.29) is 11.9 Å². The van der Waals surface area contributed by atoms with E-state index in [1.54, 1.807) is 10.9 Å². The summed E-state index contributed by atoms with van der Waals surface area (Å²) in [4.78, 5) is 15.1. The third kappa shape index (κ3) is 2.94. The van der Waals surface area contributed by atoms with Crippen LogP contribution in [0.3, 0.4) is 0 Å². The average molecular weight is 372 g/mol. The Morgan fingerprint density at radius 1 is 1.07 bits per heavy atom. The second-order valence-electron chi connectivity index (χ2n) is 7.06. The van der Waals surface area contributed by atoms with Gasteiger partial charge in [-0.05, 0) is 30.5 Å². The summed E-state index contributed by atoms with van der Waals surface area (Å²) in [6, 6.07) is 15.8. The Kier molecular flexibility index (Phi) is 4.12. The van der Waals surface area contributed by atoms with Crippen LogP contribution in [-0.2, 0) is 6.54 Å². The topological polar surface area (TPSA) is 68.3 Å². The van der Waals surface area contributed by atoms with Gasteiger partial charge in [0, 0.05) is 18.9 Å². The van der Waals surface area contributed by atoms with Crippen molar-refractivity contribution < 1.29 is 4.79 Å². The van der Waals surface area contributed by atoms with Crippen molar-refractivity contribution in [3.8, 4) is 0 Å². The van der Waals surface area contributed by atoms with E-state index in [1.165, 1.54) is 0 Å². The predicted molar refractivity (Wildman–Crippen MR) is 104 cm³/mol. The van der Waals surface area contributed by atoms with Crippen molar-refractivity contribution in [1.82, 2.24) is 29.3 Å².